The molecule has 0 spiro atoms. The number of rotatable bonds is 4. The first-order valence-corrected chi connectivity index (χ1v) is 8.99. The van der Waals surface area contributed by atoms with Crippen LogP contribution in [0.15, 0.2) is 43.0 Å². The SMILES string of the molecule is Nc1ccc2c(N3CCC(C(=O)NCc4cccnc4)CC3)ncnc2n1. The van der Waals surface area contributed by atoms with Crippen molar-refractivity contribution in [1.82, 2.24) is 25.3 Å². The maximum atomic E-state index is 12.5. The lowest BCUT2D eigenvalue weighted by molar-refractivity contribution is -0.125. The Kier molecular flexibility index (Phi) is 4.78. The maximum Gasteiger partial charge on any atom is 0.223 e. The second kappa shape index (κ2) is 7.53. The average Bonchev–Trinajstić information content (AvgIpc) is 2.72. The van der Waals surface area contributed by atoms with E-state index in [4.69, 9.17) is 5.73 Å². The average molecular weight is 363 g/mol. The second-order valence-electron chi connectivity index (χ2n) is 6.64. The van der Waals surface area contributed by atoms with Crippen molar-refractivity contribution in [2.45, 2.75) is 19.4 Å². The number of anilines is 2. The van der Waals surface area contributed by atoms with E-state index in [1.807, 2.05) is 18.2 Å². The highest BCUT2D eigenvalue weighted by Crippen LogP contribution is 2.27. The molecule has 3 aromatic heterocycles. The van der Waals surface area contributed by atoms with Crippen LogP contribution in [0.5, 0.6) is 0 Å². The summed E-state index contributed by atoms with van der Waals surface area (Å²) in [6, 6.07) is 7.49. The zero-order chi connectivity index (χ0) is 18.6. The van der Waals surface area contributed by atoms with Crippen molar-refractivity contribution < 1.29 is 4.79 Å². The van der Waals surface area contributed by atoms with Crippen molar-refractivity contribution in [2.75, 3.05) is 23.7 Å². The Hall–Kier alpha value is -3.29. The van der Waals surface area contributed by atoms with E-state index < -0.39 is 0 Å². The number of pyridine rings is 2. The summed E-state index contributed by atoms with van der Waals surface area (Å²) >= 11 is 0. The lowest BCUT2D eigenvalue weighted by Gasteiger charge is -2.32. The van der Waals surface area contributed by atoms with E-state index in [0.717, 1.165) is 42.7 Å². The van der Waals surface area contributed by atoms with Crippen LogP contribution in [0.25, 0.3) is 11.0 Å². The Morgan fingerprint density at radius 1 is 1.22 bits per heavy atom. The van der Waals surface area contributed by atoms with E-state index >= 15 is 0 Å². The molecule has 8 heteroatoms. The Balaban J connectivity index is 1.38. The van der Waals surface area contributed by atoms with Crippen LogP contribution in [0.1, 0.15) is 18.4 Å². The third kappa shape index (κ3) is 3.79. The Morgan fingerprint density at radius 2 is 2.07 bits per heavy atom. The minimum atomic E-state index is 0.0137. The number of nitrogens with zero attached hydrogens (tertiary/aromatic N) is 5. The van der Waals surface area contributed by atoms with Crippen molar-refractivity contribution in [2.24, 2.45) is 5.92 Å². The first-order chi connectivity index (χ1) is 13.2. The van der Waals surface area contributed by atoms with Crippen molar-refractivity contribution in [3.05, 3.63) is 48.5 Å². The molecule has 27 heavy (non-hydrogen) atoms. The van der Waals surface area contributed by atoms with Gasteiger partial charge in [-0.3, -0.25) is 9.78 Å². The van der Waals surface area contributed by atoms with Gasteiger partial charge in [0.15, 0.2) is 5.65 Å². The van der Waals surface area contributed by atoms with E-state index in [9.17, 15) is 4.79 Å². The number of hydrogen-bond acceptors (Lipinski definition) is 7. The van der Waals surface area contributed by atoms with Gasteiger partial charge in [0.1, 0.15) is 18.0 Å². The van der Waals surface area contributed by atoms with Crippen LogP contribution >= 0.6 is 0 Å². The van der Waals surface area contributed by atoms with Gasteiger partial charge in [0.2, 0.25) is 5.91 Å². The highest BCUT2D eigenvalue weighted by atomic mass is 16.1. The molecule has 1 aliphatic heterocycles. The first kappa shape index (κ1) is 17.1. The van der Waals surface area contributed by atoms with Crippen LogP contribution < -0.4 is 16.0 Å². The Bertz CT molecular complexity index is 939. The fraction of sp³-hybridized carbons (Fsp3) is 0.316. The van der Waals surface area contributed by atoms with Gasteiger partial charge < -0.3 is 16.0 Å². The standard InChI is InChI=1S/C19H21N7O/c20-16-4-3-15-17(25-16)23-12-24-18(15)26-8-5-14(6-9-26)19(27)22-11-13-2-1-7-21-10-13/h1-4,7,10,12,14H,5-6,8-9,11H2,(H,22,27)(H2,20,23,24,25). The topological polar surface area (TPSA) is 110 Å². The predicted molar refractivity (Wildman–Crippen MR) is 103 cm³/mol. The van der Waals surface area contributed by atoms with Gasteiger partial charge in [0, 0.05) is 37.9 Å². The molecule has 3 N–H and O–H groups in total. The van der Waals surface area contributed by atoms with Gasteiger partial charge in [-0.05, 0) is 36.6 Å². The molecule has 0 saturated carbocycles. The number of nitrogens with one attached hydrogen (secondary N) is 1. The monoisotopic (exact) mass is 363 g/mol. The lowest BCUT2D eigenvalue weighted by atomic mass is 9.95. The second-order valence-corrected chi connectivity index (χ2v) is 6.64. The number of piperidine rings is 1. The molecule has 0 radical (unpaired) electrons. The zero-order valence-corrected chi connectivity index (χ0v) is 14.9. The number of fused-ring (bicyclic) bond motifs is 1. The van der Waals surface area contributed by atoms with Gasteiger partial charge in [0.25, 0.3) is 0 Å². The number of hydrogen-bond donors (Lipinski definition) is 2. The van der Waals surface area contributed by atoms with Crippen LogP contribution in [0, 0.1) is 5.92 Å². The van der Waals surface area contributed by atoms with E-state index in [2.05, 4.69) is 30.2 Å². The molecule has 0 unspecified atom stereocenters. The Morgan fingerprint density at radius 3 is 2.85 bits per heavy atom. The smallest absolute Gasteiger partial charge is 0.223 e. The quantitative estimate of drug-likeness (QED) is 0.723. The lowest BCUT2D eigenvalue weighted by Crippen LogP contribution is -2.40. The Labute approximate surface area is 156 Å². The molecule has 3 aromatic rings. The van der Waals surface area contributed by atoms with Crippen LogP contribution in [0.3, 0.4) is 0 Å². The van der Waals surface area contributed by atoms with Gasteiger partial charge in [-0.25, -0.2) is 15.0 Å². The predicted octanol–water partition coefficient (Wildman–Crippen LogP) is 1.53. The highest BCUT2D eigenvalue weighted by molar-refractivity contribution is 5.88. The van der Waals surface area contributed by atoms with Gasteiger partial charge >= 0.3 is 0 Å². The minimum absolute atomic E-state index is 0.0137. The van der Waals surface area contributed by atoms with Crippen molar-refractivity contribution >= 4 is 28.6 Å². The van der Waals surface area contributed by atoms with Gasteiger partial charge in [0.05, 0.1) is 5.39 Å². The molecular weight excluding hydrogens is 342 g/mol. The van der Waals surface area contributed by atoms with Crippen LogP contribution in [-0.4, -0.2) is 38.9 Å². The molecule has 0 aromatic carbocycles. The normalized spacial score (nSPS) is 15.0. The van der Waals surface area contributed by atoms with Crippen molar-refractivity contribution in [1.29, 1.82) is 0 Å². The molecule has 1 amide bonds. The summed E-state index contributed by atoms with van der Waals surface area (Å²) in [5, 5.41) is 3.89. The van der Waals surface area contributed by atoms with E-state index in [0.29, 0.717) is 18.0 Å². The van der Waals surface area contributed by atoms with Crippen molar-refractivity contribution in [3.8, 4) is 0 Å². The molecule has 0 atom stereocenters. The number of nitrogen functional groups attached to an aromatic ring is 1. The molecule has 1 saturated heterocycles. The van der Waals surface area contributed by atoms with Crippen molar-refractivity contribution in [3.63, 3.8) is 0 Å². The largest absolute Gasteiger partial charge is 0.384 e. The van der Waals surface area contributed by atoms with Gasteiger partial charge in [-0.1, -0.05) is 6.07 Å². The number of amides is 1. The summed E-state index contributed by atoms with van der Waals surface area (Å²) in [6.45, 7) is 2.04. The summed E-state index contributed by atoms with van der Waals surface area (Å²) in [5.41, 5.74) is 7.34. The molecule has 138 valence electrons. The zero-order valence-electron chi connectivity index (χ0n) is 14.9. The fourth-order valence-electron chi connectivity index (χ4n) is 3.39. The fourth-order valence-corrected chi connectivity index (χ4v) is 3.39. The summed E-state index contributed by atoms with van der Waals surface area (Å²) in [5.74, 6) is 1.40. The number of aromatic nitrogens is 4. The molecule has 4 rings (SSSR count). The third-order valence-electron chi connectivity index (χ3n) is 4.85. The van der Waals surface area contributed by atoms with E-state index in [-0.39, 0.29) is 11.8 Å². The van der Waals surface area contributed by atoms with Crippen LogP contribution in [0.2, 0.25) is 0 Å². The molecule has 0 aliphatic carbocycles. The van der Waals surface area contributed by atoms with Crippen LogP contribution in [-0.2, 0) is 11.3 Å². The van der Waals surface area contributed by atoms with Gasteiger partial charge in [-0.15, -0.1) is 0 Å². The first-order valence-electron chi connectivity index (χ1n) is 8.99. The molecule has 8 nitrogen and oxygen atoms in total. The van der Waals surface area contributed by atoms with E-state index in [1.165, 1.54) is 6.33 Å². The number of carbonyl (C=O) groups excluding carboxylic acids is 1. The molecule has 0 bridgehead atoms. The molecule has 1 fully saturated rings. The summed E-state index contributed by atoms with van der Waals surface area (Å²) in [6.07, 6.45) is 6.57. The number of carbonyl (C=O) groups is 1. The summed E-state index contributed by atoms with van der Waals surface area (Å²) in [7, 11) is 0. The molecular formula is C19H21N7O. The maximum absolute atomic E-state index is 12.5. The van der Waals surface area contributed by atoms with E-state index in [1.54, 1.807) is 18.5 Å². The number of nitrogens with two attached hydrogens (primary N) is 1. The van der Waals surface area contributed by atoms with Gasteiger partial charge in [-0.2, -0.15) is 0 Å². The molecule has 4 heterocycles. The molecule has 1 aliphatic rings. The summed E-state index contributed by atoms with van der Waals surface area (Å²) < 4.78 is 0. The minimum Gasteiger partial charge on any atom is -0.384 e. The van der Waals surface area contributed by atoms with Crippen LogP contribution in [0.4, 0.5) is 11.6 Å². The third-order valence-corrected chi connectivity index (χ3v) is 4.85. The summed E-state index contributed by atoms with van der Waals surface area (Å²) in [4.78, 5) is 31.6. The highest BCUT2D eigenvalue weighted by Gasteiger charge is 2.26.